The molecule has 0 fully saturated rings. The van der Waals surface area contributed by atoms with Gasteiger partial charge in [-0.05, 0) is 50.2 Å². The highest BCUT2D eigenvalue weighted by Gasteiger charge is 2.21. The van der Waals surface area contributed by atoms with Crippen molar-refractivity contribution >= 4 is 38.9 Å². The Hall–Kier alpha value is -2.16. The van der Waals surface area contributed by atoms with Gasteiger partial charge in [0.2, 0.25) is 10.0 Å². The molecule has 9 heteroatoms. The average Bonchev–Trinajstić information content (AvgIpc) is 2.53. The van der Waals surface area contributed by atoms with E-state index in [2.05, 4.69) is 10.0 Å². The first-order valence-corrected chi connectivity index (χ1v) is 9.97. The second kappa shape index (κ2) is 8.24. The van der Waals surface area contributed by atoms with Gasteiger partial charge in [-0.25, -0.2) is 17.5 Å². The maximum Gasteiger partial charge on any atom is 0.258 e. The quantitative estimate of drug-likeness (QED) is 0.759. The van der Waals surface area contributed by atoms with E-state index in [1.165, 1.54) is 6.07 Å². The van der Waals surface area contributed by atoms with Crippen LogP contribution in [0.15, 0.2) is 41.3 Å². The number of rotatable bonds is 6. The van der Waals surface area contributed by atoms with Crippen LogP contribution in [0.2, 0.25) is 5.02 Å². The lowest BCUT2D eigenvalue weighted by Gasteiger charge is -2.18. The van der Waals surface area contributed by atoms with Crippen LogP contribution in [0.1, 0.15) is 24.2 Å². The molecule has 0 unspecified atom stereocenters. The van der Waals surface area contributed by atoms with Crippen molar-refractivity contribution in [3.8, 4) is 0 Å². The van der Waals surface area contributed by atoms with Crippen molar-refractivity contribution in [3.63, 3.8) is 0 Å². The molecule has 2 aromatic rings. The molecule has 2 N–H and O–H groups in total. The largest absolute Gasteiger partial charge is 0.376 e. The highest BCUT2D eigenvalue weighted by Crippen LogP contribution is 2.28. The molecule has 2 aromatic carbocycles. The van der Waals surface area contributed by atoms with Crippen molar-refractivity contribution in [1.29, 1.82) is 0 Å². The Balaban J connectivity index is 2.40. The number of hydrogen-bond donors (Lipinski definition) is 2. The third-order valence-electron chi connectivity index (χ3n) is 3.57. The summed E-state index contributed by atoms with van der Waals surface area (Å²) in [6, 6.07) is 7.64. The Bertz CT molecular complexity index is 962. The molecule has 146 valence electrons. The minimum Gasteiger partial charge on any atom is -0.376 e. The number of amides is 1. The molecule has 0 aliphatic rings. The van der Waals surface area contributed by atoms with E-state index in [0.29, 0.717) is 16.4 Å². The van der Waals surface area contributed by atoms with Crippen molar-refractivity contribution in [2.24, 2.45) is 0 Å². The van der Waals surface area contributed by atoms with Gasteiger partial charge in [0.05, 0.1) is 21.8 Å². The summed E-state index contributed by atoms with van der Waals surface area (Å²) in [6.07, 6.45) is 0. The number of anilines is 2. The molecule has 0 aromatic heterocycles. The Morgan fingerprint density at radius 2 is 1.81 bits per heavy atom. The molecule has 0 saturated carbocycles. The SMILES string of the molecule is CC(C)NS(=O)(=O)c1ccc(F)c(C(=O)Nc2cc(Cl)ccc2N(C)C)c1. The van der Waals surface area contributed by atoms with Crippen molar-refractivity contribution in [2.45, 2.75) is 24.8 Å². The summed E-state index contributed by atoms with van der Waals surface area (Å²) in [5.74, 6) is -1.61. The number of halogens is 2. The van der Waals surface area contributed by atoms with Gasteiger partial charge < -0.3 is 10.2 Å². The van der Waals surface area contributed by atoms with Crippen LogP contribution in [-0.2, 0) is 10.0 Å². The van der Waals surface area contributed by atoms with Gasteiger partial charge in [0, 0.05) is 25.2 Å². The molecule has 1 amide bonds. The predicted octanol–water partition coefficient (Wildman–Crippen LogP) is 3.48. The Morgan fingerprint density at radius 1 is 1.15 bits per heavy atom. The maximum atomic E-state index is 14.2. The second-order valence-corrected chi connectivity index (χ2v) is 8.58. The first kappa shape index (κ1) is 21.1. The third kappa shape index (κ3) is 5.18. The lowest BCUT2D eigenvalue weighted by molar-refractivity contribution is 0.102. The summed E-state index contributed by atoms with van der Waals surface area (Å²) in [5, 5.41) is 2.99. The van der Waals surface area contributed by atoms with Crippen LogP contribution in [0, 0.1) is 5.82 Å². The van der Waals surface area contributed by atoms with Gasteiger partial charge in [0.1, 0.15) is 5.82 Å². The van der Waals surface area contributed by atoms with Crippen LogP contribution in [0.3, 0.4) is 0 Å². The minimum atomic E-state index is -3.86. The van der Waals surface area contributed by atoms with E-state index in [4.69, 9.17) is 11.6 Å². The number of carbonyl (C=O) groups excluding carboxylic acids is 1. The topological polar surface area (TPSA) is 78.5 Å². The number of sulfonamides is 1. The van der Waals surface area contributed by atoms with Gasteiger partial charge in [-0.1, -0.05) is 11.6 Å². The van der Waals surface area contributed by atoms with Crippen LogP contribution in [-0.4, -0.2) is 34.5 Å². The fraction of sp³-hybridized carbons (Fsp3) is 0.278. The molecule has 0 atom stereocenters. The van der Waals surface area contributed by atoms with Crippen molar-refractivity contribution in [2.75, 3.05) is 24.3 Å². The maximum absolute atomic E-state index is 14.2. The standard InChI is InChI=1S/C18H21ClFN3O3S/c1-11(2)22-27(25,26)13-6-7-15(20)14(10-13)18(24)21-16-9-12(19)5-8-17(16)23(3)4/h5-11,22H,1-4H3,(H,21,24). The van der Waals surface area contributed by atoms with E-state index in [1.54, 1.807) is 45.0 Å². The van der Waals surface area contributed by atoms with Crippen LogP contribution in [0.5, 0.6) is 0 Å². The molecule has 27 heavy (non-hydrogen) atoms. The fourth-order valence-corrected chi connectivity index (χ4v) is 3.86. The molecule has 0 aliphatic heterocycles. The van der Waals surface area contributed by atoms with E-state index in [-0.39, 0.29) is 16.5 Å². The molecular weight excluding hydrogens is 393 g/mol. The summed E-state index contributed by atoms with van der Waals surface area (Å²) in [4.78, 5) is 14.2. The van der Waals surface area contributed by atoms with Crippen LogP contribution in [0.25, 0.3) is 0 Å². The molecule has 0 heterocycles. The molecule has 0 saturated heterocycles. The highest BCUT2D eigenvalue weighted by molar-refractivity contribution is 7.89. The zero-order valence-corrected chi connectivity index (χ0v) is 17.0. The first-order chi connectivity index (χ1) is 12.5. The fourth-order valence-electron chi connectivity index (χ4n) is 2.41. The Kier molecular flexibility index (Phi) is 6.46. The van der Waals surface area contributed by atoms with Gasteiger partial charge >= 0.3 is 0 Å². The van der Waals surface area contributed by atoms with Crippen molar-refractivity contribution < 1.29 is 17.6 Å². The van der Waals surface area contributed by atoms with Gasteiger partial charge in [0.25, 0.3) is 5.91 Å². The molecule has 2 rings (SSSR count). The van der Waals surface area contributed by atoms with Crippen LogP contribution < -0.4 is 14.9 Å². The smallest absolute Gasteiger partial charge is 0.258 e. The average molecular weight is 414 g/mol. The lowest BCUT2D eigenvalue weighted by Crippen LogP contribution is -2.30. The van der Waals surface area contributed by atoms with Gasteiger partial charge in [-0.15, -0.1) is 0 Å². The van der Waals surface area contributed by atoms with E-state index in [0.717, 1.165) is 18.2 Å². The van der Waals surface area contributed by atoms with E-state index in [9.17, 15) is 17.6 Å². The highest BCUT2D eigenvalue weighted by atomic mass is 35.5. The molecule has 6 nitrogen and oxygen atoms in total. The van der Waals surface area contributed by atoms with Gasteiger partial charge in [0.15, 0.2) is 0 Å². The van der Waals surface area contributed by atoms with E-state index < -0.39 is 21.7 Å². The summed E-state index contributed by atoms with van der Waals surface area (Å²) in [7, 11) is -0.295. The first-order valence-electron chi connectivity index (χ1n) is 8.11. The summed E-state index contributed by atoms with van der Waals surface area (Å²) in [5.41, 5.74) is 0.662. The summed E-state index contributed by atoms with van der Waals surface area (Å²) >= 11 is 5.98. The molecule has 0 aliphatic carbocycles. The summed E-state index contributed by atoms with van der Waals surface area (Å²) < 4.78 is 41.2. The number of benzene rings is 2. The zero-order chi connectivity index (χ0) is 20.4. The van der Waals surface area contributed by atoms with Crippen LogP contribution in [0.4, 0.5) is 15.8 Å². The van der Waals surface area contributed by atoms with Crippen LogP contribution >= 0.6 is 11.6 Å². The van der Waals surface area contributed by atoms with Crippen molar-refractivity contribution in [3.05, 3.63) is 52.8 Å². The molecule has 0 radical (unpaired) electrons. The number of nitrogens with zero attached hydrogens (tertiary/aromatic N) is 1. The Morgan fingerprint density at radius 3 is 2.41 bits per heavy atom. The number of hydrogen-bond acceptors (Lipinski definition) is 4. The lowest BCUT2D eigenvalue weighted by atomic mass is 10.2. The number of nitrogens with one attached hydrogen (secondary N) is 2. The zero-order valence-electron chi connectivity index (χ0n) is 15.4. The number of carbonyl (C=O) groups is 1. The summed E-state index contributed by atoms with van der Waals surface area (Å²) in [6.45, 7) is 3.33. The van der Waals surface area contributed by atoms with Crippen molar-refractivity contribution in [1.82, 2.24) is 4.72 Å². The third-order valence-corrected chi connectivity index (χ3v) is 5.46. The normalized spacial score (nSPS) is 11.5. The van der Waals surface area contributed by atoms with Gasteiger partial charge in [-0.2, -0.15) is 0 Å². The minimum absolute atomic E-state index is 0.193. The molecule has 0 spiro atoms. The van der Waals surface area contributed by atoms with Gasteiger partial charge in [-0.3, -0.25) is 4.79 Å². The van der Waals surface area contributed by atoms with E-state index >= 15 is 0 Å². The molecule has 0 bridgehead atoms. The van der Waals surface area contributed by atoms with E-state index in [1.807, 2.05) is 0 Å². The predicted molar refractivity (Wildman–Crippen MR) is 106 cm³/mol. The monoisotopic (exact) mass is 413 g/mol. The second-order valence-electron chi connectivity index (χ2n) is 6.43. The molecular formula is C18H21ClFN3O3S. The Labute approximate surface area is 163 Å².